The van der Waals surface area contributed by atoms with E-state index in [0.29, 0.717) is 21.2 Å². The topological polar surface area (TPSA) is 56.5 Å². The van der Waals surface area contributed by atoms with Crippen LogP contribution < -0.4 is 0 Å². The maximum absolute atomic E-state index is 5.99. The highest BCUT2D eigenvalue weighted by Gasteiger charge is 2.09. The molecule has 0 radical (unpaired) electrons. The zero-order chi connectivity index (χ0) is 14.8. The standard InChI is InChI=1S/C12H6Cl3N5S/c13-8-2-1-7(5-9(8)14)21-12-18-10(15)17-11(19-12)20-4-3-16-6-20/h1-6H. The van der Waals surface area contributed by atoms with Gasteiger partial charge in [-0.05, 0) is 41.6 Å². The van der Waals surface area contributed by atoms with Crippen LogP contribution in [0.1, 0.15) is 0 Å². The molecule has 0 amide bonds. The molecule has 21 heavy (non-hydrogen) atoms. The highest BCUT2D eigenvalue weighted by molar-refractivity contribution is 7.99. The molecule has 2 heterocycles. The molecule has 0 fully saturated rings. The molecule has 9 heteroatoms. The number of halogens is 3. The lowest BCUT2D eigenvalue weighted by molar-refractivity contribution is 0.823. The average molecular weight is 359 g/mol. The van der Waals surface area contributed by atoms with E-state index in [1.165, 1.54) is 11.8 Å². The second-order valence-corrected chi connectivity index (χ2v) is 6.03. The highest BCUT2D eigenvalue weighted by Crippen LogP contribution is 2.31. The molecule has 0 spiro atoms. The molecule has 0 aliphatic carbocycles. The predicted molar refractivity (Wildman–Crippen MR) is 82.5 cm³/mol. The van der Waals surface area contributed by atoms with Crippen LogP contribution in [0.4, 0.5) is 0 Å². The summed E-state index contributed by atoms with van der Waals surface area (Å²) in [7, 11) is 0. The van der Waals surface area contributed by atoms with E-state index in [9.17, 15) is 0 Å². The maximum atomic E-state index is 5.99. The van der Waals surface area contributed by atoms with E-state index in [4.69, 9.17) is 34.8 Å². The Bertz CT molecular complexity index is 779. The number of hydrogen-bond donors (Lipinski definition) is 0. The molecule has 0 aliphatic rings. The first-order valence-electron chi connectivity index (χ1n) is 5.64. The summed E-state index contributed by atoms with van der Waals surface area (Å²) in [4.78, 5) is 17.3. The fraction of sp³-hybridized carbons (Fsp3) is 0. The number of benzene rings is 1. The van der Waals surface area contributed by atoms with Crippen molar-refractivity contribution < 1.29 is 0 Å². The molecule has 5 nitrogen and oxygen atoms in total. The summed E-state index contributed by atoms with van der Waals surface area (Å²) in [5, 5.41) is 1.53. The minimum atomic E-state index is 0.108. The maximum Gasteiger partial charge on any atom is 0.240 e. The molecule has 3 rings (SSSR count). The first-order chi connectivity index (χ1) is 10.1. The molecule has 3 aromatic rings. The number of aromatic nitrogens is 5. The summed E-state index contributed by atoms with van der Waals surface area (Å²) in [6, 6.07) is 5.28. The first-order valence-corrected chi connectivity index (χ1v) is 7.59. The van der Waals surface area contributed by atoms with Gasteiger partial charge < -0.3 is 0 Å². The Morgan fingerprint density at radius 1 is 1.00 bits per heavy atom. The summed E-state index contributed by atoms with van der Waals surface area (Å²) in [6.07, 6.45) is 4.93. The molecule has 106 valence electrons. The molecule has 0 atom stereocenters. The quantitative estimate of drug-likeness (QED) is 0.703. The van der Waals surface area contributed by atoms with E-state index < -0.39 is 0 Å². The van der Waals surface area contributed by atoms with Crippen LogP contribution in [0.5, 0.6) is 0 Å². The summed E-state index contributed by atoms with van der Waals surface area (Å²) < 4.78 is 1.65. The molecule has 0 aliphatic heterocycles. The third-order valence-electron chi connectivity index (χ3n) is 2.41. The zero-order valence-corrected chi connectivity index (χ0v) is 13.3. The average Bonchev–Trinajstić information content (AvgIpc) is 2.96. The van der Waals surface area contributed by atoms with Crippen LogP contribution in [0.25, 0.3) is 5.95 Å². The van der Waals surface area contributed by atoms with Gasteiger partial charge in [0.15, 0.2) is 5.16 Å². The van der Waals surface area contributed by atoms with Crippen molar-refractivity contribution in [2.24, 2.45) is 0 Å². The van der Waals surface area contributed by atoms with Crippen molar-refractivity contribution in [2.75, 3.05) is 0 Å². The third-order valence-corrected chi connectivity index (χ3v) is 4.17. The Balaban J connectivity index is 1.93. The highest BCUT2D eigenvalue weighted by atomic mass is 35.5. The predicted octanol–water partition coefficient (Wildman–Crippen LogP) is 4.17. The molecular formula is C12H6Cl3N5S. The van der Waals surface area contributed by atoms with Crippen molar-refractivity contribution >= 4 is 46.6 Å². The molecular weight excluding hydrogens is 353 g/mol. The van der Waals surface area contributed by atoms with E-state index in [1.807, 2.05) is 6.07 Å². The largest absolute Gasteiger partial charge is 0.274 e. The van der Waals surface area contributed by atoms with Crippen molar-refractivity contribution in [1.82, 2.24) is 24.5 Å². The van der Waals surface area contributed by atoms with Crippen LogP contribution in [0.15, 0.2) is 47.0 Å². The van der Waals surface area contributed by atoms with E-state index in [1.54, 1.807) is 35.4 Å². The third kappa shape index (κ3) is 3.47. The van der Waals surface area contributed by atoms with Gasteiger partial charge in [0.1, 0.15) is 6.33 Å². The van der Waals surface area contributed by atoms with Crippen molar-refractivity contribution in [1.29, 1.82) is 0 Å². The lowest BCUT2D eigenvalue weighted by atomic mass is 10.4. The molecule has 2 aromatic heterocycles. The lowest BCUT2D eigenvalue weighted by Gasteiger charge is -2.05. The van der Waals surface area contributed by atoms with Gasteiger partial charge in [-0.2, -0.15) is 15.0 Å². The smallest absolute Gasteiger partial charge is 0.240 e. The Labute approximate surface area is 139 Å². The van der Waals surface area contributed by atoms with E-state index >= 15 is 0 Å². The van der Waals surface area contributed by atoms with Crippen LogP contribution >= 0.6 is 46.6 Å². The molecule has 0 saturated carbocycles. The van der Waals surface area contributed by atoms with E-state index in [2.05, 4.69) is 19.9 Å². The van der Waals surface area contributed by atoms with Gasteiger partial charge in [-0.3, -0.25) is 4.57 Å². The second-order valence-electron chi connectivity index (χ2n) is 3.83. The van der Waals surface area contributed by atoms with E-state index in [0.717, 1.165) is 4.90 Å². The van der Waals surface area contributed by atoms with Gasteiger partial charge in [-0.1, -0.05) is 23.2 Å². The fourth-order valence-electron chi connectivity index (χ4n) is 1.51. The van der Waals surface area contributed by atoms with Crippen LogP contribution in [-0.2, 0) is 0 Å². The SMILES string of the molecule is Clc1nc(Sc2ccc(Cl)c(Cl)c2)nc(-n2ccnc2)n1. The van der Waals surface area contributed by atoms with Gasteiger partial charge in [0.2, 0.25) is 11.2 Å². The van der Waals surface area contributed by atoms with E-state index in [-0.39, 0.29) is 5.28 Å². The Hall–Kier alpha value is -1.34. The summed E-state index contributed by atoms with van der Waals surface area (Å²) in [6.45, 7) is 0. The number of rotatable bonds is 3. The number of hydrogen-bond acceptors (Lipinski definition) is 5. The minimum Gasteiger partial charge on any atom is -0.274 e. The van der Waals surface area contributed by atoms with Crippen LogP contribution in [0.2, 0.25) is 15.3 Å². The monoisotopic (exact) mass is 357 g/mol. The minimum absolute atomic E-state index is 0.108. The van der Waals surface area contributed by atoms with Crippen molar-refractivity contribution in [2.45, 2.75) is 10.1 Å². The summed E-state index contributed by atoms with van der Waals surface area (Å²) in [5.41, 5.74) is 0. The zero-order valence-electron chi connectivity index (χ0n) is 10.2. The van der Waals surface area contributed by atoms with Crippen molar-refractivity contribution in [3.63, 3.8) is 0 Å². The molecule has 0 saturated heterocycles. The number of nitrogens with zero attached hydrogens (tertiary/aromatic N) is 5. The Kier molecular flexibility index (Phi) is 4.30. The summed E-state index contributed by atoms with van der Waals surface area (Å²) in [5.74, 6) is 0.398. The lowest BCUT2D eigenvalue weighted by Crippen LogP contribution is -2.02. The van der Waals surface area contributed by atoms with Gasteiger partial charge in [-0.25, -0.2) is 4.98 Å². The molecule has 0 N–H and O–H groups in total. The normalized spacial score (nSPS) is 10.8. The van der Waals surface area contributed by atoms with Crippen LogP contribution in [-0.4, -0.2) is 24.5 Å². The fourth-order valence-corrected chi connectivity index (χ4v) is 2.86. The van der Waals surface area contributed by atoms with Crippen molar-refractivity contribution in [3.05, 3.63) is 52.2 Å². The second kappa shape index (κ2) is 6.19. The Morgan fingerprint density at radius 2 is 1.86 bits per heavy atom. The van der Waals surface area contributed by atoms with Gasteiger partial charge in [0.05, 0.1) is 10.0 Å². The van der Waals surface area contributed by atoms with Crippen LogP contribution in [0.3, 0.4) is 0 Å². The first kappa shape index (κ1) is 14.6. The van der Waals surface area contributed by atoms with Gasteiger partial charge in [-0.15, -0.1) is 0 Å². The van der Waals surface area contributed by atoms with Crippen molar-refractivity contribution in [3.8, 4) is 5.95 Å². The summed E-state index contributed by atoms with van der Waals surface area (Å²) >= 11 is 19.1. The molecule has 0 bridgehead atoms. The van der Waals surface area contributed by atoms with Gasteiger partial charge in [0.25, 0.3) is 0 Å². The molecule has 0 unspecified atom stereocenters. The number of imidazole rings is 1. The van der Waals surface area contributed by atoms with Gasteiger partial charge in [0, 0.05) is 17.3 Å². The Morgan fingerprint density at radius 3 is 2.57 bits per heavy atom. The van der Waals surface area contributed by atoms with Crippen LogP contribution in [0, 0.1) is 0 Å². The molecule has 1 aromatic carbocycles. The van der Waals surface area contributed by atoms with Gasteiger partial charge >= 0.3 is 0 Å².